The highest BCUT2D eigenvalue weighted by atomic mass is 79.9. The van der Waals surface area contributed by atoms with Crippen molar-refractivity contribution in [2.75, 3.05) is 28.3 Å². The van der Waals surface area contributed by atoms with Crippen molar-refractivity contribution in [2.45, 2.75) is 60.2 Å². The maximum atomic E-state index is 12.1. The topological polar surface area (TPSA) is 65.7 Å². The molecule has 2 aromatic heterocycles. The van der Waals surface area contributed by atoms with Crippen LogP contribution in [0.15, 0.2) is 28.9 Å². The lowest BCUT2D eigenvalue weighted by Gasteiger charge is -2.18. The van der Waals surface area contributed by atoms with Crippen LogP contribution in [0.3, 0.4) is 0 Å². The van der Waals surface area contributed by atoms with Gasteiger partial charge in [-0.25, -0.2) is 9.59 Å². The largest absolute Gasteiger partial charge is 0.465 e. The fraction of sp³-hybridized carbons (Fsp3) is 0.419. The first kappa shape index (κ1) is 33.0. The third-order valence-corrected chi connectivity index (χ3v) is 8.40. The van der Waals surface area contributed by atoms with Gasteiger partial charge in [0, 0.05) is 45.1 Å². The van der Waals surface area contributed by atoms with E-state index in [1.165, 1.54) is 19.9 Å². The summed E-state index contributed by atoms with van der Waals surface area (Å²) in [6.07, 6.45) is 0. The summed E-state index contributed by atoms with van der Waals surface area (Å²) in [5, 5.41) is 2.89. The Morgan fingerprint density at radius 3 is 1.61 bits per heavy atom. The predicted octanol–water partition coefficient (Wildman–Crippen LogP) is 8.77. The van der Waals surface area contributed by atoms with Crippen molar-refractivity contribution in [1.82, 2.24) is 14.0 Å². The SMILES string of the molecule is COC(=O)c1cc(Cl)cc2c1c(C)c(Br)n2C(C)C.COC(=O)c1cc(Cl)cc2c1c(C)c(CN(C)C)n2C(C)C. The molecule has 0 aliphatic rings. The number of fused-ring (bicyclic) bond motifs is 2. The first-order valence-corrected chi connectivity index (χ1v) is 14.8. The Bertz CT molecular complexity index is 1620. The molecule has 4 rings (SSSR count). The molecule has 10 heteroatoms. The normalized spacial score (nSPS) is 11.5. The third kappa shape index (κ3) is 6.46. The number of aryl methyl sites for hydroxylation is 2. The highest BCUT2D eigenvalue weighted by molar-refractivity contribution is 9.10. The van der Waals surface area contributed by atoms with Gasteiger partial charge in [0.2, 0.25) is 0 Å². The summed E-state index contributed by atoms with van der Waals surface area (Å²) in [4.78, 5) is 26.2. The summed E-state index contributed by atoms with van der Waals surface area (Å²) in [7, 11) is 6.84. The summed E-state index contributed by atoms with van der Waals surface area (Å²) in [5.74, 6) is -0.725. The average Bonchev–Trinajstić information content (AvgIpc) is 3.31. The molecule has 4 aromatic rings. The molecular formula is C31H38BrCl2N3O4. The highest BCUT2D eigenvalue weighted by Crippen LogP contribution is 2.37. The van der Waals surface area contributed by atoms with Crippen LogP contribution in [-0.2, 0) is 16.0 Å². The van der Waals surface area contributed by atoms with Crippen LogP contribution in [0, 0.1) is 13.8 Å². The number of carbonyl (C=O) groups excluding carboxylic acids is 2. The van der Waals surface area contributed by atoms with Gasteiger partial charge in [0.05, 0.1) is 41.0 Å². The molecule has 0 unspecified atom stereocenters. The molecule has 0 spiro atoms. The molecule has 0 saturated carbocycles. The number of hydrogen-bond acceptors (Lipinski definition) is 5. The third-order valence-electron chi connectivity index (χ3n) is 6.99. The number of rotatable bonds is 6. The Balaban J connectivity index is 0.000000228. The first-order chi connectivity index (χ1) is 19.2. The molecule has 0 atom stereocenters. The zero-order valence-electron chi connectivity index (χ0n) is 25.3. The van der Waals surface area contributed by atoms with E-state index in [9.17, 15) is 9.59 Å². The lowest BCUT2D eigenvalue weighted by atomic mass is 10.1. The number of esters is 2. The molecule has 0 saturated heterocycles. The molecule has 7 nitrogen and oxygen atoms in total. The van der Waals surface area contributed by atoms with Crippen molar-refractivity contribution in [2.24, 2.45) is 0 Å². The van der Waals surface area contributed by atoms with Gasteiger partial charge in [0.1, 0.15) is 0 Å². The second-order valence-corrected chi connectivity index (χ2v) is 12.5. The second-order valence-electron chi connectivity index (χ2n) is 10.8. The number of aromatic nitrogens is 2. The molecule has 41 heavy (non-hydrogen) atoms. The van der Waals surface area contributed by atoms with E-state index >= 15 is 0 Å². The number of methoxy groups -OCH3 is 2. The molecule has 0 aliphatic carbocycles. The number of ether oxygens (including phenoxy) is 2. The van der Waals surface area contributed by atoms with E-state index in [0.29, 0.717) is 21.2 Å². The number of benzene rings is 2. The number of hydrogen-bond donors (Lipinski definition) is 0. The van der Waals surface area contributed by atoms with Crippen LogP contribution in [0.2, 0.25) is 10.0 Å². The molecule has 0 fully saturated rings. The highest BCUT2D eigenvalue weighted by Gasteiger charge is 2.23. The lowest BCUT2D eigenvalue weighted by Crippen LogP contribution is -2.16. The minimum absolute atomic E-state index is 0.259. The van der Waals surface area contributed by atoms with Gasteiger partial charge in [0.15, 0.2) is 0 Å². The van der Waals surface area contributed by atoms with E-state index in [4.69, 9.17) is 32.7 Å². The van der Waals surface area contributed by atoms with Crippen molar-refractivity contribution in [3.05, 3.63) is 66.9 Å². The minimum atomic E-state index is -0.371. The molecule has 0 amide bonds. The average molecular weight is 667 g/mol. The Morgan fingerprint density at radius 1 is 0.805 bits per heavy atom. The molecule has 2 aromatic carbocycles. The minimum Gasteiger partial charge on any atom is -0.465 e. The zero-order chi connectivity index (χ0) is 30.9. The molecule has 222 valence electrons. The Morgan fingerprint density at radius 2 is 1.22 bits per heavy atom. The van der Waals surface area contributed by atoms with Gasteiger partial charge < -0.3 is 23.5 Å². The number of halogens is 3. The van der Waals surface area contributed by atoms with E-state index in [1.54, 1.807) is 12.1 Å². The number of carbonyl (C=O) groups is 2. The summed E-state index contributed by atoms with van der Waals surface area (Å²) in [6, 6.07) is 7.67. The molecule has 0 N–H and O–H groups in total. The van der Waals surface area contributed by atoms with Crippen molar-refractivity contribution in [3.63, 3.8) is 0 Å². The van der Waals surface area contributed by atoms with Gasteiger partial charge in [-0.1, -0.05) is 23.2 Å². The molecule has 2 heterocycles. The first-order valence-electron chi connectivity index (χ1n) is 13.3. The van der Waals surface area contributed by atoms with E-state index in [2.05, 4.69) is 64.6 Å². The zero-order valence-corrected chi connectivity index (χ0v) is 28.4. The molecule has 0 aliphatic heterocycles. The van der Waals surface area contributed by atoms with Crippen LogP contribution in [0.25, 0.3) is 21.8 Å². The molecule has 0 radical (unpaired) electrons. The Hall–Kier alpha value is -2.52. The standard InChI is InChI=1S/C17H23ClN2O2.C14H15BrClNO2/c1-10(2)20-14-8-12(18)7-13(17(21)22-6)16(14)11(3)15(20)9-19(4)5;1-7(2)17-11-6-9(16)5-10(14(18)19-4)12(11)8(3)13(17)15/h7-8,10H,9H2,1-6H3;5-7H,1-4H3. The van der Waals surface area contributed by atoms with E-state index in [0.717, 1.165) is 44.1 Å². The van der Waals surface area contributed by atoms with Crippen LogP contribution >= 0.6 is 39.1 Å². The quantitative estimate of drug-likeness (QED) is 0.193. The van der Waals surface area contributed by atoms with Crippen LogP contribution < -0.4 is 0 Å². The summed E-state index contributed by atoms with van der Waals surface area (Å²) in [5.41, 5.74) is 6.27. The van der Waals surface area contributed by atoms with Crippen LogP contribution in [0.5, 0.6) is 0 Å². The monoisotopic (exact) mass is 665 g/mol. The van der Waals surface area contributed by atoms with Gasteiger partial charge >= 0.3 is 11.9 Å². The molecule has 0 bridgehead atoms. The predicted molar refractivity (Wildman–Crippen MR) is 172 cm³/mol. The van der Waals surface area contributed by atoms with Crippen molar-refractivity contribution in [3.8, 4) is 0 Å². The molecular weight excluding hydrogens is 629 g/mol. The Labute approximate surface area is 260 Å². The van der Waals surface area contributed by atoms with Crippen molar-refractivity contribution >= 4 is 72.9 Å². The fourth-order valence-electron chi connectivity index (χ4n) is 5.34. The van der Waals surface area contributed by atoms with E-state index in [-0.39, 0.29) is 24.0 Å². The van der Waals surface area contributed by atoms with Gasteiger partial charge in [0.25, 0.3) is 0 Å². The van der Waals surface area contributed by atoms with Gasteiger partial charge in [-0.15, -0.1) is 0 Å². The van der Waals surface area contributed by atoms with Gasteiger partial charge in [-0.2, -0.15) is 0 Å². The summed E-state index contributed by atoms with van der Waals surface area (Å²) >= 11 is 16.0. The number of nitrogens with zero attached hydrogens (tertiary/aromatic N) is 3. The lowest BCUT2D eigenvalue weighted by molar-refractivity contribution is 0.0594. The maximum absolute atomic E-state index is 12.1. The summed E-state index contributed by atoms with van der Waals surface area (Å²) in [6.45, 7) is 13.3. The van der Waals surface area contributed by atoms with Crippen LogP contribution in [0.1, 0.15) is 77.3 Å². The van der Waals surface area contributed by atoms with Crippen LogP contribution in [0.4, 0.5) is 0 Å². The van der Waals surface area contributed by atoms with E-state index in [1.807, 2.05) is 33.2 Å². The van der Waals surface area contributed by atoms with Crippen LogP contribution in [-0.4, -0.2) is 54.3 Å². The summed E-state index contributed by atoms with van der Waals surface area (Å²) < 4.78 is 15.1. The maximum Gasteiger partial charge on any atom is 0.338 e. The van der Waals surface area contributed by atoms with Crippen molar-refractivity contribution < 1.29 is 19.1 Å². The fourth-order valence-corrected chi connectivity index (χ4v) is 6.57. The van der Waals surface area contributed by atoms with Gasteiger partial charge in [-0.3, -0.25) is 0 Å². The van der Waals surface area contributed by atoms with Crippen molar-refractivity contribution in [1.29, 1.82) is 0 Å². The Kier molecular flexibility index (Phi) is 10.6. The second kappa shape index (κ2) is 13.2. The van der Waals surface area contributed by atoms with E-state index < -0.39 is 0 Å². The van der Waals surface area contributed by atoms with Gasteiger partial charge in [-0.05, 0) is 107 Å². The smallest absolute Gasteiger partial charge is 0.338 e.